The average molecular weight is 504 g/mol. The van der Waals surface area contributed by atoms with Gasteiger partial charge in [0.25, 0.3) is 0 Å². The molecule has 0 amide bonds. The molecule has 6 heteroatoms. The fourth-order valence-corrected chi connectivity index (χ4v) is 6.66. The van der Waals surface area contributed by atoms with E-state index in [0.717, 1.165) is 71.4 Å². The first-order chi connectivity index (χ1) is 16.4. The molecule has 0 saturated carbocycles. The molecule has 4 bridgehead atoms. The molecule has 4 heterocycles. The molecule has 4 aliphatic rings. The zero-order valence-corrected chi connectivity index (χ0v) is 21.7. The van der Waals surface area contributed by atoms with Crippen LogP contribution in [-0.4, -0.2) is 60.3 Å². The van der Waals surface area contributed by atoms with Crippen LogP contribution in [0.4, 0.5) is 0 Å². The Bertz CT molecular complexity index is 928. The third-order valence-corrected chi connectivity index (χ3v) is 8.81. The summed E-state index contributed by atoms with van der Waals surface area (Å²) in [5, 5.41) is 1.51. The molecule has 4 aliphatic heterocycles. The zero-order valence-electron chi connectivity index (χ0n) is 20.2. The normalized spacial score (nSPS) is 32.7. The van der Waals surface area contributed by atoms with Crippen LogP contribution >= 0.6 is 23.2 Å². The summed E-state index contributed by atoms with van der Waals surface area (Å²) in [6, 6.07) is 18.3. The molecule has 4 saturated heterocycles. The number of benzene rings is 2. The van der Waals surface area contributed by atoms with E-state index in [1.54, 1.807) is 0 Å². The summed E-state index contributed by atoms with van der Waals surface area (Å²) in [7, 11) is 4.50. The van der Waals surface area contributed by atoms with E-state index in [0.29, 0.717) is 12.2 Å². The third kappa shape index (κ3) is 5.67. The van der Waals surface area contributed by atoms with E-state index in [9.17, 15) is 0 Å². The molecule has 4 fully saturated rings. The van der Waals surface area contributed by atoms with Crippen molar-refractivity contribution in [3.05, 3.63) is 58.6 Å². The molecule has 2 aromatic carbocycles. The molecular formula is C28H36Cl2N2O2. The van der Waals surface area contributed by atoms with Crippen LogP contribution in [0.3, 0.4) is 0 Å². The molecule has 0 N–H and O–H groups in total. The lowest BCUT2D eigenvalue weighted by Crippen LogP contribution is -2.43. The topological polar surface area (TPSA) is 24.9 Å². The smallest absolute Gasteiger partial charge is 0.121 e. The first-order valence-corrected chi connectivity index (χ1v) is 13.5. The third-order valence-electron chi connectivity index (χ3n) is 8.33. The zero-order chi connectivity index (χ0) is 23.7. The van der Waals surface area contributed by atoms with Gasteiger partial charge >= 0.3 is 0 Å². The Morgan fingerprint density at radius 3 is 1.56 bits per heavy atom. The van der Waals surface area contributed by atoms with Crippen LogP contribution in [0.15, 0.2) is 48.5 Å². The monoisotopic (exact) mass is 502 g/mol. The Labute approximate surface area is 214 Å². The van der Waals surface area contributed by atoms with Gasteiger partial charge in [0.15, 0.2) is 0 Å². The fraction of sp³-hybridized carbons (Fsp3) is 0.571. The van der Waals surface area contributed by atoms with E-state index in [1.807, 2.05) is 48.5 Å². The number of nitrogens with zero attached hydrogens (tertiary/aromatic N) is 2. The van der Waals surface area contributed by atoms with Gasteiger partial charge < -0.3 is 19.3 Å². The van der Waals surface area contributed by atoms with Gasteiger partial charge in [0, 0.05) is 34.2 Å². The fourth-order valence-electron chi connectivity index (χ4n) is 6.35. The van der Waals surface area contributed by atoms with Crippen molar-refractivity contribution < 1.29 is 9.47 Å². The van der Waals surface area contributed by atoms with Crippen molar-refractivity contribution in [3.63, 3.8) is 0 Å². The van der Waals surface area contributed by atoms with Crippen LogP contribution < -0.4 is 9.47 Å². The maximum atomic E-state index is 6.05. The van der Waals surface area contributed by atoms with Crippen molar-refractivity contribution in [1.82, 2.24) is 9.80 Å². The highest BCUT2D eigenvalue weighted by Crippen LogP contribution is 2.37. The first-order valence-electron chi connectivity index (χ1n) is 12.7. The van der Waals surface area contributed by atoms with Crippen LogP contribution in [0, 0.1) is 0 Å². The molecule has 4 nitrogen and oxygen atoms in total. The van der Waals surface area contributed by atoms with Crippen LogP contribution in [0.5, 0.6) is 11.5 Å². The SMILES string of the molecule is CN1[C@@H]2CC[C@H]1C[C@H](Oc1ccc(Cl)cc1)C2.CN1[C@@H]2CC[C@H]1C[C@H](Oc1cccc(Cl)c1)C2. The summed E-state index contributed by atoms with van der Waals surface area (Å²) in [5.74, 6) is 1.86. The largest absolute Gasteiger partial charge is 0.490 e. The molecule has 0 spiro atoms. The summed E-state index contributed by atoms with van der Waals surface area (Å²) in [4.78, 5) is 5.06. The van der Waals surface area contributed by atoms with Crippen LogP contribution in [0.2, 0.25) is 10.0 Å². The lowest BCUT2D eigenvalue weighted by atomic mass is 10.0. The minimum atomic E-state index is 0.363. The van der Waals surface area contributed by atoms with Crippen molar-refractivity contribution in [2.75, 3.05) is 14.1 Å². The van der Waals surface area contributed by atoms with E-state index >= 15 is 0 Å². The Morgan fingerprint density at radius 2 is 1.09 bits per heavy atom. The second-order valence-electron chi connectivity index (χ2n) is 10.4. The highest BCUT2D eigenvalue weighted by molar-refractivity contribution is 6.30. The van der Waals surface area contributed by atoms with Crippen LogP contribution in [0.1, 0.15) is 51.4 Å². The second kappa shape index (κ2) is 10.7. The van der Waals surface area contributed by atoms with Gasteiger partial charge in [-0.15, -0.1) is 0 Å². The van der Waals surface area contributed by atoms with Crippen molar-refractivity contribution >= 4 is 23.2 Å². The van der Waals surface area contributed by atoms with E-state index in [2.05, 4.69) is 23.9 Å². The molecule has 0 aliphatic carbocycles. The number of rotatable bonds is 4. The van der Waals surface area contributed by atoms with Crippen molar-refractivity contribution in [2.45, 2.75) is 87.7 Å². The molecule has 0 radical (unpaired) electrons. The number of hydrogen-bond acceptors (Lipinski definition) is 4. The van der Waals surface area contributed by atoms with E-state index in [-0.39, 0.29) is 0 Å². The maximum Gasteiger partial charge on any atom is 0.121 e. The second-order valence-corrected chi connectivity index (χ2v) is 11.3. The van der Waals surface area contributed by atoms with Gasteiger partial charge in [0.1, 0.15) is 23.7 Å². The Morgan fingerprint density at radius 1 is 0.618 bits per heavy atom. The molecule has 34 heavy (non-hydrogen) atoms. The highest BCUT2D eigenvalue weighted by atomic mass is 35.5. The lowest BCUT2D eigenvalue weighted by molar-refractivity contribution is 0.0660. The van der Waals surface area contributed by atoms with Gasteiger partial charge in [0.05, 0.1) is 0 Å². The quantitative estimate of drug-likeness (QED) is 0.464. The summed E-state index contributed by atoms with van der Waals surface area (Å²) < 4.78 is 12.1. The predicted molar refractivity (Wildman–Crippen MR) is 139 cm³/mol. The van der Waals surface area contributed by atoms with Gasteiger partial charge in [-0.2, -0.15) is 0 Å². The van der Waals surface area contributed by atoms with Gasteiger partial charge in [-0.05, 0) is 108 Å². The minimum Gasteiger partial charge on any atom is -0.490 e. The Kier molecular flexibility index (Phi) is 7.60. The first kappa shape index (κ1) is 24.2. The number of piperidine rings is 2. The molecule has 0 aromatic heterocycles. The van der Waals surface area contributed by atoms with Crippen molar-refractivity contribution in [2.24, 2.45) is 0 Å². The van der Waals surface area contributed by atoms with Crippen molar-refractivity contribution in [1.29, 1.82) is 0 Å². The molecule has 6 rings (SSSR count). The van der Waals surface area contributed by atoms with Gasteiger partial charge in [0.2, 0.25) is 0 Å². The Hall–Kier alpha value is -1.46. The summed E-state index contributed by atoms with van der Waals surface area (Å²) in [5.41, 5.74) is 0. The summed E-state index contributed by atoms with van der Waals surface area (Å²) in [6.07, 6.45) is 10.7. The lowest BCUT2D eigenvalue weighted by Gasteiger charge is -2.36. The maximum absolute atomic E-state index is 6.05. The summed E-state index contributed by atoms with van der Waals surface area (Å²) in [6.45, 7) is 0. The Balaban J connectivity index is 0.000000142. The van der Waals surface area contributed by atoms with Crippen molar-refractivity contribution in [3.8, 4) is 11.5 Å². The highest BCUT2D eigenvalue weighted by Gasteiger charge is 2.40. The predicted octanol–water partition coefficient (Wildman–Crippen LogP) is 6.69. The van der Waals surface area contributed by atoms with Crippen LogP contribution in [0.25, 0.3) is 0 Å². The molecule has 0 unspecified atom stereocenters. The number of halogens is 2. The molecular weight excluding hydrogens is 467 g/mol. The number of hydrogen-bond donors (Lipinski definition) is 0. The molecule has 6 atom stereocenters. The number of ether oxygens (including phenoxy) is 2. The van der Waals surface area contributed by atoms with Gasteiger partial charge in [-0.3, -0.25) is 0 Å². The van der Waals surface area contributed by atoms with Gasteiger partial charge in [-0.1, -0.05) is 29.3 Å². The molecule has 184 valence electrons. The number of fused-ring (bicyclic) bond motifs is 4. The van der Waals surface area contributed by atoms with E-state index in [1.165, 1.54) is 25.7 Å². The van der Waals surface area contributed by atoms with E-state index in [4.69, 9.17) is 32.7 Å². The summed E-state index contributed by atoms with van der Waals surface area (Å²) >= 11 is 11.8. The average Bonchev–Trinajstić information content (AvgIpc) is 3.15. The van der Waals surface area contributed by atoms with Gasteiger partial charge in [-0.25, -0.2) is 0 Å². The molecule has 2 aromatic rings. The van der Waals surface area contributed by atoms with E-state index < -0.39 is 0 Å². The standard InChI is InChI=1S/2C14H18ClNO/c1-16-11-4-5-12(16)9-14(8-11)17-13-6-2-10(15)3-7-13;1-16-11-5-6-12(16)9-14(8-11)17-13-4-2-3-10(15)7-13/h2-3,6-7,11-12,14H,4-5,8-9H2,1H3;2-4,7,11-12,14H,5-6,8-9H2,1H3/t2*11-,12+,14-. The van der Waals surface area contributed by atoms with Crippen LogP contribution in [-0.2, 0) is 0 Å². The minimum absolute atomic E-state index is 0.363.